The molecule has 0 radical (unpaired) electrons. The van der Waals surface area contributed by atoms with Crippen LogP contribution in [-0.2, 0) is 0 Å². The van der Waals surface area contributed by atoms with Crippen LogP contribution in [-0.4, -0.2) is 31.3 Å². The molecule has 4 rings (SSSR count). The van der Waals surface area contributed by atoms with E-state index in [1.807, 2.05) is 25.1 Å². The van der Waals surface area contributed by atoms with Gasteiger partial charge in [0.2, 0.25) is 0 Å². The van der Waals surface area contributed by atoms with E-state index in [9.17, 15) is 0 Å². The molecule has 6 nitrogen and oxygen atoms in total. The molecule has 6 heteroatoms. The van der Waals surface area contributed by atoms with Gasteiger partial charge in [0.25, 0.3) is 0 Å². The summed E-state index contributed by atoms with van der Waals surface area (Å²) in [7, 11) is 1.67. The van der Waals surface area contributed by atoms with E-state index < -0.39 is 0 Å². The van der Waals surface area contributed by atoms with Crippen LogP contribution < -0.4 is 4.74 Å². The second kappa shape index (κ2) is 4.81. The van der Waals surface area contributed by atoms with E-state index >= 15 is 0 Å². The fraction of sp³-hybridized carbons (Fsp3) is 0.235. The Labute approximate surface area is 133 Å². The second-order valence-corrected chi connectivity index (χ2v) is 5.62. The molecule has 0 amide bonds. The third-order valence-electron chi connectivity index (χ3n) is 4.25. The summed E-state index contributed by atoms with van der Waals surface area (Å²) >= 11 is 0. The fourth-order valence-corrected chi connectivity index (χ4v) is 3.03. The smallest absolute Gasteiger partial charge is 0.168 e. The molecule has 0 aliphatic carbocycles. The van der Waals surface area contributed by atoms with Crippen LogP contribution in [0.1, 0.15) is 17.1 Å². The van der Waals surface area contributed by atoms with Crippen molar-refractivity contribution >= 4 is 16.7 Å². The first-order chi connectivity index (χ1) is 11.1. The van der Waals surface area contributed by atoms with Gasteiger partial charge in [-0.3, -0.25) is 4.57 Å². The molecular formula is C17H17N5O. The van der Waals surface area contributed by atoms with E-state index in [4.69, 9.17) is 4.74 Å². The van der Waals surface area contributed by atoms with Gasteiger partial charge in [-0.15, -0.1) is 0 Å². The third kappa shape index (κ3) is 1.91. The minimum absolute atomic E-state index is 0.741. The normalized spacial score (nSPS) is 11.5. The molecule has 0 fully saturated rings. The number of aromatic nitrogens is 5. The first-order valence-corrected chi connectivity index (χ1v) is 7.44. The highest BCUT2D eigenvalue weighted by Gasteiger charge is 2.18. The highest BCUT2D eigenvalue weighted by molar-refractivity contribution is 5.94. The predicted octanol–water partition coefficient (Wildman–Crippen LogP) is 3.00. The Balaban J connectivity index is 2.11. The van der Waals surface area contributed by atoms with E-state index in [0.717, 1.165) is 45.2 Å². The summed E-state index contributed by atoms with van der Waals surface area (Å²) in [6.45, 7) is 6.08. The molecule has 0 N–H and O–H groups in total. The number of ether oxygens (including phenoxy) is 1. The quantitative estimate of drug-likeness (QED) is 0.571. The fourth-order valence-electron chi connectivity index (χ4n) is 3.03. The highest BCUT2D eigenvalue weighted by atomic mass is 16.5. The zero-order valence-electron chi connectivity index (χ0n) is 13.5. The second-order valence-electron chi connectivity index (χ2n) is 5.62. The molecule has 0 aliphatic rings. The maximum absolute atomic E-state index is 5.35. The number of methoxy groups -OCH3 is 1. The molecule has 1 aromatic carbocycles. The molecule has 0 aliphatic heterocycles. The van der Waals surface area contributed by atoms with Gasteiger partial charge in [-0.25, -0.2) is 14.5 Å². The van der Waals surface area contributed by atoms with Gasteiger partial charge in [-0.1, -0.05) is 6.07 Å². The Morgan fingerprint density at radius 2 is 1.91 bits per heavy atom. The monoisotopic (exact) mass is 307 g/mol. The summed E-state index contributed by atoms with van der Waals surface area (Å²) in [6.07, 6.45) is 1.72. The van der Waals surface area contributed by atoms with Crippen LogP contribution in [0, 0.1) is 20.8 Å². The minimum Gasteiger partial charge on any atom is -0.497 e. The van der Waals surface area contributed by atoms with Crippen molar-refractivity contribution in [3.63, 3.8) is 0 Å². The van der Waals surface area contributed by atoms with Crippen LogP contribution in [0.25, 0.3) is 22.4 Å². The molecule has 4 aromatic rings. The Morgan fingerprint density at radius 1 is 1.09 bits per heavy atom. The number of fused-ring (bicyclic) bond motifs is 3. The van der Waals surface area contributed by atoms with Gasteiger partial charge in [0.15, 0.2) is 11.3 Å². The summed E-state index contributed by atoms with van der Waals surface area (Å²) in [5, 5.41) is 5.39. The van der Waals surface area contributed by atoms with Gasteiger partial charge in [-0.05, 0) is 38.5 Å². The Morgan fingerprint density at radius 3 is 2.70 bits per heavy atom. The van der Waals surface area contributed by atoms with Crippen molar-refractivity contribution in [3.8, 4) is 11.4 Å². The van der Waals surface area contributed by atoms with E-state index in [2.05, 4.69) is 39.5 Å². The summed E-state index contributed by atoms with van der Waals surface area (Å²) in [4.78, 5) is 9.18. The topological polar surface area (TPSA) is 57.2 Å². The lowest BCUT2D eigenvalue weighted by molar-refractivity contribution is 0.414. The van der Waals surface area contributed by atoms with E-state index in [1.165, 1.54) is 0 Å². The van der Waals surface area contributed by atoms with Crippen LogP contribution in [0.5, 0.6) is 5.75 Å². The highest BCUT2D eigenvalue weighted by Crippen LogP contribution is 2.30. The van der Waals surface area contributed by atoms with Crippen LogP contribution in [0.3, 0.4) is 0 Å². The average Bonchev–Trinajstić information content (AvgIpc) is 3.05. The van der Waals surface area contributed by atoms with Crippen molar-refractivity contribution in [2.75, 3.05) is 7.11 Å². The van der Waals surface area contributed by atoms with Crippen LogP contribution in [0.4, 0.5) is 0 Å². The van der Waals surface area contributed by atoms with Gasteiger partial charge in [0.05, 0.1) is 18.2 Å². The molecule has 0 saturated heterocycles. The van der Waals surface area contributed by atoms with E-state index in [-0.39, 0.29) is 0 Å². The largest absolute Gasteiger partial charge is 0.497 e. The van der Waals surface area contributed by atoms with Gasteiger partial charge in [0, 0.05) is 11.8 Å². The zero-order chi connectivity index (χ0) is 16.1. The molecular weight excluding hydrogens is 290 g/mol. The lowest BCUT2D eigenvalue weighted by Gasteiger charge is -2.09. The van der Waals surface area contributed by atoms with Gasteiger partial charge < -0.3 is 4.74 Å². The van der Waals surface area contributed by atoms with Crippen molar-refractivity contribution in [3.05, 3.63) is 47.7 Å². The van der Waals surface area contributed by atoms with Crippen LogP contribution in [0.2, 0.25) is 0 Å². The lowest BCUT2D eigenvalue weighted by atomic mass is 10.2. The van der Waals surface area contributed by atoms with Crippen molar-refractivity contribution in [2.24, 2.45) is 0 Å². The Bertz CT molecular complexity index is 1040. The lowest BCUT2D eigenvalue weighted by Crippen LogP contribution is -1.99. The number of hydrogen-bond acceptors (Lipinski definition) is 4. The standard InChI is InChI=1S/C17H17N5O/c1-10-11(2)22(13-6-5-7-14(8-13)23-4)16-15(10)17-19-12(3)20-21(17)9-18-16/h5-9H,1-4H3. The molecule has 3 aromatic heterocycles. The van der Waals surface area contributed by atoms with E-state index in [0.29, 0.717) is 0 Å². The number of nitrogens with zero attached hydrogens (tertiary/aromatic N) is 5. The number of rotatable bonds is 2. The maximum Gasteiger partial charge on any atom is 0.168 e. The van der Waals surface area contributed by atoms with Crippen LogP contribution in [0.15, 0.2) is 30.6 Å². The van der Waals surface area contributed by atoms with Gasteiger partial charge >= 0.3 is 0 Å². The Hall–Kier alpha value is -2.89. The SMILES string of the molecule is COc1cccc(-n2c(C)c(C)c3c2ncn2nc(C)nc32)c1. The predicted molar refractivity (Wildman–Crippen MR) is 88.4 cm³/mol. The summed E-state index contributed by atoms with van der Waals surface area (Å²) < 4.78 is 9.22. The first-order valence-electron chi connectivity index (χ1n) is 7.44. The summed E-state index contributed by atoms with van der Waals surface area (Å²) in [5.41, 5.74) is 5.04. The number of hydrogen-bond donors (Lipinski definition) is 0. The Kier molecular flexibility index (Phi) is 2.87. The van der Waals surface area contributed by atoms with Gasteiger partial charge in [-0.2, -0.15) is 5.10 Å². The molecule has 3 heterocycles. The van der Waals surface area contributed by atoms with Crippen molar-refractivity contribution < 1.29 is 4.74 Å². The van der Waals surface area contributed by atoms with E-state index in [1.54, 1.807) is 18.0 Å². The summed E-state index contributed by atoms with van der Waals surface area (Å²) in [6, 6.07) is 7.97. The van der Waals surface area contributed by atoms with Crippen molar-refractivity contribution in [1.29, 1.82) is 0 Å². The molecule has 23 heavy (non-hydrogen) atoms. The van der Waals surface area contributed by atoms with Crippen molar-refractivity contribution in [1.82, 2.24) is 24.1 Å². The molecule has 0 atom stereocenters. The molecule has 0 bridgehead atoms. The molecule has 116 valence electrons. The van der Waals surface area contributed by atoms with Crippen molar-refractivity contribution in [2.45, 2.75) is 20.8 Å². The molecule has 0 unspecified atom stereocenters. The third-order valence-corrected chi connectivity index (χ3v) is 4.25. The number of aryl methyl sites for hydroxylation is 2. The average molecular weight is 307 g/mol. The summed E-state index contributed by atoms with van der Waals surface area (Å²) in [5.74, 6) is 1.56. The molecule has 0 saturated carbocycles. The maximum atomic E-state index is 5.35. The minimum atomic E-state index is 0.741. The molecule has 0 spiro atoms. The number of benzene rings is 1. The first kappa shape index (κ1) is 13.8. The zero-order valence-corrected chi connectivity index (χ0v) is 13.5. The van der Waals surface area contributed by atoms with Crippen LogP contribution >= 0.6 is 0 Å². The van der Waals surface area contributed by atoms with Gasteiger partial charge in [0.1, 0.15) is 17.9 Å².